The standard InChI is InChI=1S/C26H30ClNO/c27-24-12-5-4-9-22(24)26-21-11-6-10-20(21)23-17-19(13-14-25(23)28-26)29-16-15-18-7-2-1-3-8-18/h4-6,9-10,12-14,17-18,20-21,26,28H,1-3,7-8,11,15-16H2. The van der Waals surface area contributed by atoms with Gasteiger partial charge in [0.1, 0.15) is 5.75 Å². The van der Waals surface area contributed by atoms with Crippen LogP contribution in [0.5, 0.6) is 5.75 Å². The van der Waals surface area contributed by atoms with Gasteiger partial charge in [-0.1, -0.05) is 74.1 Å². The third kappa shape index (κ3) is 3.92. The third-order valence-electron chi connectivity index (χ3n) is 7.09. The van der Waals surface area contributed by atoms with Crippen LogP contribution in [-0.4, -0.2) is 6.61 Å². The molecule has 0 spiro atoms. The van der Waals surface area contributed by atoms with Crippen LogP contribution in [0.2, 0.25) is 5.02 Å². The Balaban J connectivity index is 1.32. The van der Waals surface area contributed by atoms with Crippen molar-refractivity contribution in [2.75, 3.05) is 11.9 Å². The number of hydrogen-bond donors (Lipinski definition) is 1. The monoisotopic (exact) mass is 407 g/mol. The van der Waals surface area contributed by atoms with Crippen molar-refractivity contribution in [2.45, 2.75) is 56.9 Å². The summed E-state index contributed by atoms with van der Waals surface area (Å²) in [5, 5.41) is 4.63. The van der Waals surface area contributed by atoms with E-state index < -0.39 is 0 Å². The number of nitrogens with one attached hydrogen (secondary N) is 1. The van der Waals surface area contributed by atoms with Crippen molar-refractivity contribution in [2.24, 2.45) is 11.8 Å². The highest BCUT2D eigenvalue weighted by Crippen LogP contribution is 2.51. The molecule has 0 amide bonds. The first-order chi connectivity index (χ1) is 14.3. The van der Waals surface area contributed by atoms with Crippen LogP contribution >= 0.6 is 11.6 Å². The molecule has 1 N–H and O–H groups in total. The molecule has 152 valence electrons. The molecule has 29 heavy (non-hydrogen) atoms. The summed E-state index contributed by atoms with van der Waals surface area (Å²) in [5.74, 6) is 2.80. The van der Waals surface area contributed by atoms with Crippen molar-refractivity contribution >= 4 is 17.3 Å². The summed E-state index contributed by atoms with van der Waals surface area (Å²) in [7, 11) is 0. The van der Waals surface area contributed by atoms with Gasteiger partial charge < -0.3 is 10.1 Å². The first-order valence-electron chi connectivity index (χ1n) is 11.2. The maximum Gasteiger partial charge on any atom is 0.119 e. The predicted molar refractivity (Wildman–Crippen MR) is 121 cm³/mol. The number of rotatable bonds is 5. The SMILES string of the molecule is Clc1ccccc1C1Nc2ccc(OCCC3CCCCC3)cc2C2C=CCC21. The zero-order valence-electron chi connectivity index (χ0n) is 16.9. The Hall–Kier alpha value is -1.93. The Labute approximate surface area is 179 Å². The molecule has 0 radical (unpaired) electrons. The summed E-state index contributed by atoms with van der Waals surface area (Å²) < 4.78 is 6.18. The van der Waals surface area contributed by atoms with Gasteiger partial charge in [-0.05, 0) is 60.1 Å². The van der Waals surface area contributed by atoms with Crippen LogP contribution in [0.3, 0.4) is 0 Å². The summed E-state index contributed by atoms with van der Waals surface area (Å²) in [6, 6.07) is 15.1. The lowest BCUT2D eigenvalue weighted by Crippen LogP contribution is -2.29. The van der Waals surface area contributed by atoms with Gasteiger partial charge in [0.15, 0.2) is 0 Å². The molecule has 1 fully saturated rings. The Morgan fingerprint density at radius 1 is 1.00 bits per heavy atom. The van der Waals surface area contributed by atoms with Gasteiger partial charge in [-0.25, -0.2) is 0 Å². The molecule has 2 aliphatic carbocycles. The predicted octanol–water partition coefficient (Wildman–Crippen LogP) is 7.52. The molecule has 1 aliphatic heterocycles. The van der Waals surface area contributed by atoms with Crippen molar-refractivity contribution in [1.82, 2.24) is 0 Å². The summed E-state index contributed by atoms with van der Waals surface area (Å²) in [5.41, 5.74) is 3.77. The van der Waals surface area contributed by atoms with E-state index in [1.807, 2.05) is 12.1 Å². The van der Waals surface area contributed by atoms with Crippen molar-refractivity contribution in [3.05, 3.63) is 70.8 Å². The minimum absolute atomic E-state index is 0.245. The minimum atomic E-state index is 0.245. The Bertz CT molecular complexity index is 886. The lowest BCUT2D eigenvalue weighted by molar-refractivity contribution is 0.246. The second-order valence-corrected chi connectivity index (χ2v) is 9.29. The zero-order chi connectivity index (χ0) is 19.6. The molecule has 3 atom stereocenters. The molecule has 3 aliphatic rings. The minimum Gasteiger partial charge on any atom is -0.494 e. The molecule has 2 nitrogen and oxygen atoms in total. The number of allylic oxidation sites excluding steroid dienone is 2. The number of anilines is 1. The fourth-order valence-electron chi connectivity index (χ4n) is 5.52. The topological polar surface area (TPSA) is 21.3 Å². The van der Waals surface area contributed by atoms with Gasteiger partial charge in [0, 0.05) is 16.6 Å². The number of benzene rings is 2. The highest BCUT2D eigenvalue weighted by atomic mass is 35.5. The number of halogens is 1. The normalized spacial score (nSPS) is 25.9. The van der Waals surface area contributed by atoms with E-state index in [2.05, 4.69) is 47.8 Å². The van der Waals surface area contributed by atoms with E-state index in [0.717, 1.165) is 29.7 Å². The smallest absolute Gasteiger partial charge is 0.119 e. The van der Waals surface area contributed by atoms with E-state index in [1.165, 1.54) is 55.3 Å². The van der Waals surface area contributed by atoms with E-state index in [-0.39, 0.29) is 6.04 Å². The number of hydrogen-bond acceptors (Lipinski definition) is 2. The summed E-state index contributed by atoms with van der Waals surface area (Å²) in [4.78, 5) is 0. The lowest BCUT2D eigenvalue weighted by atomic mass is 9.77. The molecule has 1 saturated carbocycles. The van der Waals surface area contributed by atoms with E-state index >= 15 is 0 Å². The highest BCUT2D eigenvalue weighted by molar-refractivity contribution is 6.31. The molecule has 5 rings (SSSR count). The van der Waals surface area contributed by atoms with Crippen LogP contribution in [0.4, 0.5) is 5.69 Å². The molecule has 2 aromatic rings. The fourth-order valence-corrected chi connectivity index (χ4v) is 5.77. The van der Waals surface area contributed by atoms with E-state index in [0.29, 0.717) is 11.8 Å². The molecule has 0 saturated heterocycles. The summed E-state index contributed by atoms with van der Waals surface area (Å²) in [6.07, 6.45) is 14.0. The van der Waals surface area contributed by atoms with Crippen molar-refractivity contribution < 1.29 is 4.74 Å². The van der Waals surface area contributed by atoms with Crippen molar-refractivity contribution in [3.8, 4) is 5.75 Å². The molecule has 1 heterocycles. The van der Waals surface area contributed by atoms with Crippen LogP contribution in [0.25, 0.3) is 0 Å². The Kier molecular flexibility index (Phi) is 5.54. The highest BCUT2D eigenvalue weighted by Gasteiger charge is 2.38. The van der Waals surface area contributed by atoms with E-state index in [1.54, 1.807) is 0 Å². The van der Waals surface area contributed by atoms with Gasteiger partial charge in [0.05, 0.1) is 12.6 Å². The third-order valence-corrected chi connectivity index (χ3v) is 7.44. The van der Waals surface area contributed by atoms with Gasteiger partial charge in [-0.15, -0.1) is 0 Å². The van der Waals surface area contributed by atoms with Gasteiger partial charge in [-0.3, -0.25) is 0 Å². The van der Waals surface area contributed by atoms with Crippen molar-refractivity contribution in [3.63, 3.8) is 0 Å². The Morgan fingerprint density at radius 2 is 1.86 bits per heavy atom. The molecular formula is C26H30ClNO. The quantitative estimate of drug-likeness (QED) is 0.517. The van der Waals surface area contributed by atoms with Gasteiger partial charge in [0.2, 0.25) is 0 Å². The number of ether oxygens (including phenoxy) is 1. The van der Waals surface area contributed by atoms with Crippen LogP contribution in [0.1, 0.15) is 68.0 Å². The first-order valence-corrected chi connectivity index (χ1v) is 11.6. The molecule has 0 aromatic heterocycles. The van der Waals surface area contributed by atoms with Crippen LogP contribution in [0, 0.1) is 11.8 Å². The van der Waals surface area contributed by atoms with Crippen LogP contribution in [0.15, 0.2) is 54.6 Å². The molecule has 3 heteroatoms. The second kappa shape index (κ2) is 8.44. The maximum atomic E-state index is 6.54. The molecular weight excluding hydrogens is 378 g/mol. The van der Waals surface area contributed by atoms with Gasteiger partial charge in [0.25, 0.3) is 0 Å². The number of fused-ring (bicyclic) bond motifs is 3. The molecule has 2 aromatic carbocycles. The average Bonchev–Trinajstić information content (AvgIpc) is 3.25. The average molecular weight is 408 g/mol. The molecule has 0 bridgehead atoms. The van der Waals surface area contributed by atoms with E-state index in [9.17, 15) is 0 Å². The Morgan fingerprint density at radius 3 is 2.72 bits per heavy atom. The maximum absolute atomic E-state index is 6.54. The zero-order valence-corrected chi connectivity index (χ0v) is 17.7. The van der Waals surface area contributed by atoms with Gasteiger partial charge in [-0.2, -0.15) is 0 Å². The lowest BCUT2D eigenvalue weighted by Gasteiger charge is -2.38. The molecule has 3 unspecified atom stereocenters. The van der Waals surface area contributed by atoms with Crippen LogP contribution in [-0.2, 0) is 0 Å². The summed E-state index contributed by atoms with van der Waals surface area (Å²) >= 11 is 6.54. The largest absolute Gasteiger partial charge is 0.494 e. The second-order valence-electron chi connectivity index (χ2n) is 8.89. The van der Waals surface area contributed by atoms with Gasteiger partial charge >= 0.3 is 0 Å². The van der Waals surface area contributed by atoms with Crippen LogP contribution < -0.4 is 10.1 Å². The van der Waals surface area contributed by atoms with E-state index in [4.69, 9.17) is 16.3 Å². The first kappa shape index (κ1) is 19.1. The summed E-state index contributed by atoms with van der Waals surface area (Å²) in [6.45, 7) is 0.836. The fraction of sp³-hybridized carbons (Fsp3) is 0.462. The van der Waals surface area contributed by atoms with Crippen molar-refractivity contribution in [1.29, 1.82) is 0 Å².